The van der Waals surface area contributed by atoms with Gasteiger partial charge in [-0.25, -0.2) is 4.98 Å². The second-order valence-electron chi connectivity index (χ2n) is 7.68. The minimum Gasteiger partial charge on any atom is -0.441 e. The van der Waals surface area contributed by atoms with Gasteiger partial charge in [-0.3, -0.25) is 9.59 Å². The number of carbonyl (C=O) groups excluding carboxylic acids is 2. The molecule has 0 radical (unpaired) electrons. The van der Waals surface area contributed by atoms with Crippen molar-refractivity contribution in [3.63, 3.8) is 0 Å². The van der Waals surface area contributed by atoms with Crippen molar-refractivity contribution in [1.82, 2.24) is 10.3 Å². The smallest absolute Gasteiger partial charge is 0.253 e. The summed E-state index contributed by atoms with van der Waals surface area (Å²) in [5.41, 5.74) is 1.53. The van der Waals surface area contributed by atoms with Gasteiger partial charge in [-0.05, 0) is 43.2 Å². The highest BCUT2D eigenvalue weighted by atomic mass is 35.5. The summed E-state index contributed by atoms with van der Waals surface area (Å²) in [6.07, 6.45) is 3.99. The summed E-state index contributed by atoms with van der Waals surface area (Å²) < 4.78 is 11.3. The van der Waals surface area contributed by atoms with Crippen LogP contribution < -0.4 is 10.6 Å². The van der Waals surface area contributed by atoms with Crippen molar-refractivity contribution in [3.8, 4) is 11.3 Å². The van der Waals surface area contributed by atoms with E-state index >= 15 is 0 Å². The molecule has 0 spiro atoms. The van der Waals surface area contributed by atoms with Gasteiger partial charge in [0.1, 0.15) is 0 Å². The Morgan fingerprint density at radius 2 is 2.00 bits per heavy atom. The van der Waals surface area contributed by atoms with Crippen LogP contribution in [0.1, 0.15) is 35.5 Å². The van der Waals surface area contributed by atoms with Crippen LogP contribution >= 0.6 is 23.2 Å². The van der Waals surface area contributed by atoms with Crippen molar-refractivity contribution in [2.75, 3.05) is 18.5 Å². The van der Waals surface area contributed by atoms with Crippen molar-refractivity contribution < 1.29 is 18.7 Å². The predicted octanol–water partition coefficient (Wildman–Crippen LogP) is 5.13. The fourth-order valence-corrected chi connectivity index (χ4v) is 4.07. The summed E-state index contributed by atoms with van der Waals surface area (Å²) >= 11 is 12.1. The summed E-state index contributed by atoms with van der Waals surface area (Å²) in [5.74, 6) is 0.409. The van der Waals surface area contributed by atoms with Crippen molar-refractivity contribution in [2.24, 2.45) is 0 Å². The number of rotatable bonds is 8. The molecule has 1 unspecified atom stereocenters. The Labute approximate surface area is 201 Å². The molecule has 1 fully saturated rings. The van der Waals surface area contributed by atoms with Gasteiger partial charge >= 0.3 is 0 Å². The first-order valence-electron chi connectivity index (χ1n) is 10.7. The minimum atomic E-state index is -0.251. The Balaban J connectivity index is 1.33. The number of nitrogens with zero attached hydrogens (tertiary/aromatic N) is 1. The first-order valence-corrected chi connectivity index (χ1v) is 11.4. The van der Waals surface area contributed by atoms with Gasteiger partial charge in [0.05, 0.1) is 28.6 Å². The topological polar surface area (TPSA) is 93.5 Å². The standard InChI is InChI=1S/C24H23Cl2N3O4/c25-15-7-8-17(19(26)12-15)21-14-27-23(33-21)10-9-22(30)29-20-6-2-1-5-18(20)24(31)28-13-16-4-3-11-32-16/h1-2,5-8,12,14,16H,3-4,9-11,13H2,(H,28,31)(H,29,30). The van der Waals surface area contributed by atoms with Gasteiger partial charge in [0.15, 0.2) is 11.7 Å². The van der Waals surface area contributed by atoms with E-state index in [1.54, 1.807) is 48.7 Å². The zero-order chi connectivity index (χ0) is 23.2. The molecular formula is C24H23Cl2N3O4. The van der Waals surface area contributed by atoms with Crippen molar-refractivity contribution >= 4 is 40.7 Å². The second-order valence-corrected chi connectivity index (χ2v) is 8.52. The number of benzene rings is 2. The third-order valence-electron chi connectivity index (χ3n) is 5.28. The normalized spacial score (nSPS) is 15.4. The van der Waals surface area contributed by atoms with Gasteiger partial charge < -0.3 is 19.8 Å². The van der Waals surface area contributed by atoms with Crippen LogP contribution in [0.25, 0.3) is 11.3 Å². The number of carbonyl (C=O) groups is 2. The zero-order valence-corrected chi connectivity index (χ0v) is 19.3. The number of anilines is 1. The van der Waals surface area contributed by atoms with E-state index in [4.69, 9.17) is 32.4 Å². The highest BCUT2D eigenvalue weighted by molar-refractivity contribution is 6.36. The van der Waals surface area contributed by atoms with Crippen LogP contribution in [-0.2, 0) is 16.0 Å². The molecule has 2 amide bonds. The van der Waals surface area contributed by atoms with E-state index in [9.17, 15) is 9.59 Å². The monoisotopic (exact) mass is 487 g/mol. The van der Waals surface area contributed by atoms with Crippen molar-refractivity contribution in [2.45, 2.75) is 31.8 Å². The van der Waals surface area contributed by atoms with Crippen LogP contribution in [0.2, 0.25) is 10.0 Å². The Kier molecular flexibility index (Phi) is 7.65. The van der Waals surface area contributed by atoms with Gasteiger partial charge in [0, 0.05) is 36.6 Å². The van der Waals surface area contributed by atoms with Crippen LogP contribution in [-0.4, -0.2) is 36.1 Å². The SMILES string of the molecule is O=C(CCc1ncc(-c2ccc(Cl)cc2Cl)o1)Nc1ccccc1C(=O)NCC1CCCO1. The van der Waals surface area contributed by atoms with E-state index in [-0.39, 0.29) is 24.3 Å². The Morgan fingerprint density at radius 1 is 1.15 bits per heavy atom. The molecule has 0 aliphatic carbocycles. The number of halogens is 2. The molecule has 33 heavy (non-hydrogen) atoms. The molecule has 1 atom stereocenters. The van der Waals surface area contributed by atoms with Gasteiger partial charge in [-0.15, -0.1) is 0 Å². The van der Waals surface area contributed by atoms with Crippen molar-refractivity contribution in [3.05, 3.63) is 70.2 Å². The Morgan fingerprint density at radius 3 is 2.79 bits per heavy atom. The van der Waals surface area contributed by atoms with E-state index in [1.165, 1.54) is 0 Å². The number of ether oxygens (including phenoxy) is 1. The number of hydrogen-bond acceptors (Lipinski definition) is 5. The van der Waals surface area contributed by atoms with Gasteiger partial charge in [0.2, 0.25) is 5.91 Å². The molecular weight excluding hydrogens is 465 g/mol. The van der Waals surface area contributed by atoms with E-state index in [2.05, 4.69) is 15.6 Å². The number of aryl methyl sites for hydroxylation is 1. The molecule has 0 bridgehead atoms. The highest BCUT2D eigenvalue weighted by Crippen LogP contribution is 2.31. The van der Waals surface area contributed by atoms with Crippen LogP contribution in [0.4, 0.5) is 5.69 Å². The lowest BCUT2D eigenvalue weighted by molar-refractivity contribution is -0.116. The number of amides is 2. The third kappa shape index (κ3) is 6.13. The maximum atomic E-state index is 12.6. The summed E-state index contributed by atoms with van der Waals surface area (Å²) in [7, 11) is 0. The van der Waals surface area contributed by atoms with E-state index in [1.807, 2.05) is 0 Å². The number of oxazole rings is 1. The van der Waals surface area contributed by atoms with Crippen LogP contribution in [0.15, 0.2) is 53.1 Å². The number of nitrogens with one attached hydrogen (secondary N) is 2. The predicted molar refractivity (Wildman–Crippen MR) is 127 cm³/mol. The summed E-state index contributed by atoms with van der Waals surface area (Å²) in [4.78, 5) is 29.4. The largest absolute Gasteiger partial charge is 0.441 e. The molecule has 172 valence electrons. The van der Waals surface area contributed by atoms with E-state index in [0.29, 0.717) is 51.5 Å². The Bertz CT molecular complexity index is 1140. The molecule has 1 aromatic heterocycles. The fraction of sp³-hybridized carbons (Fsp3) is 0.292. The molecule has 2 aromatic carbocycles. The lowest BCUT2D eigenvalue weighted by atomic mass is 10.1. The third-order valence-corrected chi connectivity index (χ3v) is 5.82. The fourth-order valence-electron chi connectivity index (χ4n) is 3.57. The zero-order valence-electron chi connectivity index (χ0n) is 17.8. The van der Waals surface area contributed by atoms with Gasteiger partial charge in [0.25, 0.3) is 5.91 Å². The summed E-state index contributed by atoms with van der Waals surface area (Å²) in [6, 6.07) is 12.0. The van der Waals surface area contributed by atoms with E-state index in [0.717, 1.165) is 19.4 Å². The second kappa shape index (κ2) is 10.8. The lowest BCUT2D eigenvalue weighted by Gasteiger charge is -2.13. The van der Waals surface area contributed by atoms with Crippen LogP contribution in [0, 0.1) is 0 Å². The van der Waals surface area contributed by atoms with Gasteiger partial charge in [-0.1, -0.05) is 35.3 Å². The molecule has 1 aliphatic heterocycles. The molecule has 2 N–H and O–H groups in total. The van der Waals surface area contributed by atoms with Crippen LogP contribution in [0.3, 0.4) is 0 Å². The molecule has 9 heteroatoms. The average molecular weight is 488 g/mol. The number of para-hydroxylation sites is 1. The molecule has 0 saturated carbocycles. The average Bonchev–Trinajstić information content (AvgIpc) is 3.49. The molecule has 2 heterocycles. The quantitative estimate of drug-likeness (QED) is 0.459. The molecule has 1 aliphatic rings. The minimum absolute atomic E-state index is 0.0455. The van der Waals surface area contributed by atoms with E-state index < -0.39 is 0 Å². The first kappa shape index (κ1) is 23.3. The summed E-state index contributed by atoms with van der Waals surface area (Å²) in [5, 5.41) is 6.67. The Hall–Kier alpha value is -2.87. The van der Waals surface area contributed by atoms with Crippen LogP contribution in [0.5, 0.6) is 0 Å². The molecule has 1 saturated heterocycles. The highest BCUT2D eigenvalue weighted by Gasteiger charge is 2.19. The van der Waals surface area contributed by atoms with Crippen molar-refractivity contribution in [1.29, 1.82) is 0 Å². The molecule has 7 nitrogen and oxygen atoms in total. The number of aromatic nitrogens is 1. The molecule has 3 aromatic rings. The molecule has 4 rings (SSSR count). The maximum Gasteiger partial charge on any atom is 0.253 e. The first-order chi connectivity index (χ1) is 16.0. The summed E-state index contributed by atoms with van der Waals surface area (Å²) in [6.45, 7) is 1.18. The lowest BCUT2D eigenvalue weighted by Crippen LogP contribution is -2.32. The maximum absolute atomic E-state index is 12.6. The number of hydrogen-bond donors (Lipinski definition) is 2. The van der Waals surface area contributed by atoms with Gasteiger partial charge in [-0.2, -0.15) is 0 Å².